The van der Waals surface area contributed by atoms with Crippen LogP contribution in [-0.4, -0.2) is 25.0 Å². The summed E-state index contributed by atoms with van der Waals surface area (Å²) >= 11 is 0. The fourth-order valence-corrected chi connectivity index (χ4v) is 5.00. The van der Waals surface area contributed by atoms with Gasteiger partial charge in [-0.15, -0.1) is 24.8 Å². The van der Waals surface area contributed by atoms with E-state index in [2.05, 4.69) is 29.3 Å². The molecule has 4 nitrogen and oxygen atoms in total. The van der Waals surface area contributed by atoms with Crippen LogP contribution in [0, 0.1) is 23.7 Å². The number of anilines is 2. The number of piperidine rings is 1. The minimum atomic E-state index is 0. The van der Waals surface area contributed by atoms with Crippen LogP contribution in [0.15, 0.2) is 24.3 Å². The van der Waals surface area contributed by atoms with Crippen LogP contribution in [0.25, 0.3) is 0 Å². The number of benzene rings is 1. The number of amides is 1. The molecule has 146 valence electrons. The average molecular weight is 400 g/mol. The molecule has 2 aliphatic carbocycles. The first-order chi connectivity index (χ1) is 11.6. The third kappa shape index (κ3) is 4.13. The van der Waals surface area contributed by atoms with Crippen LogP contribution < -0.4 is 16.0 Å². The van der Waals surface area contributed by atoms with Crippen molar-refractivity contribution in [2.45, 2.75) is 45.1 Å². The van der Waals surface area contributed by atoms with Crippen molar-refractivity contribution in [3.8, 4) is 0 Å². The van der Waals surface area contributed by atoms with Gasteiger partial charge in [0.25, 0.3) is 0 Å². The fourth-order valence-electron chi connectivity index (χ4n) is 5.00. The van der Waals surface area contributed by atoms with E-state index >= 15 is 0 Å². The molecule has 6 heteroatoms. The van der Waals surface area contributed by atoms with E-state index in [1.165, 1.54) is 31.4 Å². The highest BCUT2D eigenvalue weighted by atomic mass is 35.5. The molecule has 1 saturated heterocycles. The van der Waals surface area contributed by atoms with Crippen molar-refractivity contribution in [1.82, 2.24) is 0 Å². The maximum Gasteiger partial charge on any atom is 0.229 e. The molecule has 3 N–H and O–H groups in total. The van der Waals surface area contributed by atoms with E-state index in [-0.39, 0.29) is 42.7 Å². The van der Waals surface area contributed by atoms with E-state index in [1.54, 1.807) is 0 Å². The summed E-state index contributed by atoms with van der Waals surface area (Å²) < 4.78 is 0. The zero-order valence-corrected chi connectivity index (χ0v) is 17.0. The summed E-state index contributed by atoms with van der Waals surface area (Å²) in [6.45, 7) is 4.54. The van der Waals surface area contributed by atoms with Crippen LogP contribution in [0.1, 0.15) is 39.0 Å². The number of nitrogens with one attached hydrogen (secondary N) is 1. The van der Waals surface area contributed by atoms with Gasteiger partial charge >= 0.3 is 0 Å². The van der Waals surface area contributed by atoms with Gasteiger partial charge in [0, 0.05) is 30.5 Å². The number of nitrogens with zero attached hydrogens (tertiary/aromatic N) is 1. The second kappa shape index (κ2) is 8.81. The van der Waals surface area contributed by atoms with Crippen molar-refractivity contribution < 1.29 is 4.79 Å². The highest BCUT2D eigenvalue weighted by Crippen LogP contribution is 2.48. The van der Waals surface area contributed by atoms with Crippen molar-refractivity contribution in [3.63, 3.8) is 0 Å². The van der Waals surface area contributed by atoms with Gasteiger partial charge in [0.2, 0.25) is 5.91 Å². The van der Waals surface area contributed by atoms with Crippen molar-refractivity contribution in [2.24, 2.45) is 29.4 Å². The van der Waals surface area contributed by atoms with E-state index in [4.69, 9.17) is 5.73 Å². The number of nitrogens with two attached hydrogens (primary N) is 1. The molecule has 2 saturated carbocycles. The summed E-state index contributed by atoms with van der Waals surface area (Å²) in [6, 6.07) is 8.35. The minimum absolute atomic E-state index is 0. The van der Waals surface area contributed by atoms with Gasteiger partial charge in [0.05, 0.1) is 5.92 Å². The summed E-state index contributed by atoms with van der Waals surface area (Å²) in [4.78, 5) is 15.2. The third-order valence-electron chi connectivity index (χ3n) is 6.55. The molecule has 4 rings (SSSR count). The Bertz CT molecular complexity index is 617. The van der Waals surface area contributed by atoms with E-state index < -0.39 is 0 Å². The molecule has 2 bridgehead atoms. The van der Waals surface area contributed by atoms with Gasteiger partial charge in [-0.05, 0) is 68.1 Å². The molecule has 1 heterocycles. The van der Waals surface area contributed by atoms with Crippen molar-refractivity contribution in [2.75, 3.05) is 23.3 Å². The SMILES string of the molecule is CC1CCN(c2cccc(NC(=O)C3C4CCC(C4)C3N)c2)CC1.Cl.Cl. The predicted molar refractivity (Wildman–Crippen MR) is 112 cm³/mol. The molecular weight excluding hydrogens is 369 g/mol. The Balaban J connectivity index is 0.00000121. The Morgan fingerprint density at radius 3 is 2.46 bits per heavy atom. The Kier molecular flexibility index (Phi) is 7.23. The van der Waals surface area contributed by atoms with Crippen molar-refractivity contribution in [1.29, 1.82) is 0 Å². The van der Waals surface area contributed by atoms with Crippen LogP contribution >= 0.6 is 24.8 Å². The molecule has 1 aliphatic heterocycles. The standard InChI is InChI=1S/C20H29N3O.2ClH/c1-13-7-9-23(10-8-13)17-4-2-3-16(12-17)22-20(24)18-14-5-6-15(11-14)19(18)21;;/h2-4,12-15,18-19H,5-11,21H2,1H3,(H,22,24);2*1H. The smallest absolute Gasteiger partial charge is 0.229 e. The van der Waals surface area contributed by atoms with Gasteiger partial charge in [0.1, 0.15) is 0 Å². The monoisotopic (exact) mass is 399 g/mol. The van der Waals surface area contributed by atoms with E-state index in [1.807, 2.05) is 12.1 Å². The quantitative estimate of drug-likeness (QED) is 0.804. The summed E-state index contributed by atoms with van der Waals surface area (Å²) in [5.74, 6) is 2.01. The van der Waals surface area contributed by atoms with Crippen LogP contribution in [0.5, 0.6) is 0 Å². The summed E-state index contributed by atoms with van der Waals surface area (Å²) in [5, 5.41) is 3.14. The lowest BCUT2D eigenvalue weighted by Gasteiger charge is -2.32. The maximum atomic E-state index is 12.7. The molecule has 1 aromatic rings. The highest BCUT2D eigenvalue weighted by Gasteiger charge is 2.49. The van der Waals surface area contributed by atoms with Crippen LogP contribution in [0.4, 0.5) is 11.4 Å². The van der Waals surface area contributed by atoms with Gasteiger partial charge in [0.15, 0.2) is 0 Å². The molecule has 3 fully saturated rings. The topological polar surface area (TPSA) is 58.4 Å². The molecule has 26 heavy (non-hydrogen) atoms. The lowest BCUT2D eigenvalue weighted by atomic mass is 9.84. The molecule has 4 unspecified atom stereocenters. The zero-order valence-electron chi connectivity index (χ0n) is 15.4. The number of hydrogen-bond donors (Lipinski definition) is 2. The van der Waals surface area contributed by atoms with Crippen molar-refractivity contribution >= 4 is 42.1 Å². The number of fused-ring (bicyclic) bond motifs is 2. The van der Waals surface area contributed by atoms with Crippen molar-refractivity contribution in [3.05, 3.63) is 24.3 Å². The first kappa shape index (κ1) is 21.3. The number of carbonyl (C=O) groups is 1. The molecule has 1 aromatic carbocycles. The molecule has 1 amide bonds. The molecule has 0 aromatic heterocycles. The Hall–Kier alpha value is -0.970. The van der Waals surface area contributed by atoms with E-state index in [9.17, 15) is 4.79 Å². The van der Waals surface area contributed by atoms with Gasteiger partial charge in [-0.3, -0.25) is 4.79 Å². The molecular formula is C20H31Cl2N3O. The lowest BCUT2D eigenvalue weighted by Crippen LogP contribution is -2.42. The zero-order chi connectivity index (χ0) is 16.7. The Morgan fingerprint density at radius 2 is 1.81 bits per heavy atom. The summed E-state index contributed by atoms with van der Waals surface area (Å²) in [5.41, 5.74) is 8.44. The molecule has 0 radical (unpaired) electrons. The van der Waals surface area contributed by atoms with E-state index in [0.29, 0.717) is 11.8 Å². The normalized spacial score (nSPS) is 30.5. The number of halogens is 2. The Morgan fingerprint density at radius 1 is 1.12 bits per heavy atom. The summed E-state index contributed by atoms with van der Waals surface area (Å²) in [7, 11) is 0. The average Bonchev–Trinajstić information content (AvgIpc) is 3.16. The molecule has 4 atom stereocenters. The first-order valence-corrected chi connectivity index (χ1v) is 9.53. The second-order valence-corrected chi connectivity index (χ2v) is 8.15. The van der Waals surface area contributed by atoms with Gasteiger partial charge < -0.3 is 16.0 Å². The van der Waals surface area contributed by atoms with Crippen LogP contribution in [0.3, 0.4) is 0 Å². The Labute approximate surface area is 169 Å². The van der Waals surface area contributed by atoms with Crippen LogP contribution in [-0.2, 0) is 4.79 Å². The second-order valence-electron chi connectivity index (χ2n) is 8.15. The number of hydrogen-bond acceptors (Lipinski definition) is 3. The molecule has 3 aliphatic rings. The number of carbonyl (C=O) groups excluding carboxylic acids is 1. The largest absolute Gasteiger partial charge is 0.371 e. The lowest BCUT2D eigenvalue weighted by molar-refractivity contribution is -0.121. The van der Waals surface area contributed by atoms with Gasteiger partial charge in [-0.25, -0.2) is 0 Å². The highest BCUT2D eigenvalue weighted by molar-refractivity contribution is 5.94. The van der Waals surface area contributed by atoms with Crippen LogP contribution in [0.2, 0.25) is 0 Å². The first-order valence-electron chi connectivity index (χ1n) is 9.53. The third-order valence-corrected chi connectivity index (χ3v) is 6.55. The summed E-state index contributed by atoms with van der Waals surface area (Å²) in [6.07, 6.45) is 6.01. The minimum Gasteiger partial charge on any atom is -0.371 e. The predicted octanol–water partition coefficient (Wildman–Crippen LogP) is 4.08. The molecule has 0 spiro atoms. The van der Waals surface area contributed by atoms with Gasteiger partial charge in [-0.1, -0.05) is 13.0 Å². The van der Waals surface area contributed by atoms with Gasteiger partial charge in [-0.2, -0.15) is 0 Å². The van der Waals surface area contributed by atoms with E-state index in [0.717, 1.165) is 31.1 Å². The number of rotatable bonds is 3. The fraction of sp³-hybridized carbons (Fsp3) is 0.650. The maximum absolute atomic E-state index is 12.7.